The Morgan fingerprint density at radius 1 is 1.11 bits per heavy atom. The van der Waals surface area contributed by atoms with Gasteiger partial charge in [-0.1, -0.05) is 17.7 Å². The van der Waals surface area contributed by atoms with Crippen molar-refractivity contribution in [2.24, 2.45) is 0 Å². The quantitative estimate of drug-likeness (QED) is 0.769. The highest BCUT2D eigenvalue weighted by molar-refractivity contribution is 7.89. The van der Waals surface area contributed by atoms with E-state index < -0.39 is 10.0 Å². The number of benzene rings is 2. The highest BCUT2D eigenvalue weighted by Crippen LogP contribution is 2.26. The van der Waals surface area contributed by atoms with Crippen molar-refractivity contribution in [2.75, 3.05) is 25.0 Å². The maximum atomic E-state index is 12.6. The summed E-state index contributed by atoms with van der Waals surface area (Å²) >= 11 is 5.96. The smallest absolute Gasteiger partial charge is 0.262 e. The molecule has 28 heavy (non-hydrogen) atoms. The number of anilines is 1. The van der Waals surface area contributed by atoms with E-state index in [1.807, 2.05) is 13.0 Å². The van der Waals surface area contributed by atoms with Crippen LogP contribution >= 0.6 is 11.6 Å². The highest BCUT2D eigenvalue weighted by Gasteiger charge is 2.27. The molecule has 2 aromatic rings. The van der Waals surface area contributed by atoms with Crippen LogP contribution in [0.2, 0.25) is 5.02 Å². The summed E-state index contributed by atoms with van der Waals surface area (Å²) in [5, 5.41) is 3.30. The number of carbonyl (C=O) groups excluding carboxylic acids is 1. The van der Waals surface area contributed by atoms with E-state index in [0.717, 1.165) is 18.4 Å². The van der Waals surface area contributed by atoms with E-state index in [0.29, 0.717) is 35.1 Å². The van der Waals surface area contributed by atoms with E-state index >= 15 is 0 Å². The number of aryl methyl sites for hydroxylation is 2. The molecule has 6 nitrogen and oxygen atoms in total. The van der Waals surface area contributed by atoms with Gasteiger partial charge in [0.15, 0.2) is 6.61 Å². The molecule has 2 aromatic carbocycles. The van der Waals surface area contributed by atoms with E-state index in [1.165, 1.54) is 10.4 Å². The SMILES string of the molecule is Cc1ccc(Cl)cc1NC(=O)COc1ccc(S(=O)(=O)N2CCCC2)cc1C. The largest absolute Gasteiger partial charge is 0.483 e. The summed E-state index contributed by atoms with van der Waals surface area (Å²) in [6.07, 6.45) is 1.78. The number of halogens is 1. The fourth-order valence-corrected chi connectivity index (χ4v) is 4.86. The molecule has 1 aliphatic rings. The molecule has 1 aliphatic heterocycles. The second kappa shape index (κ2) is 8.51. The predicted octanol–water partition coefficient (Wildman–Crippen LogP) is 3.76. The van der Waals surface area contributed by atoms with Crippen molar-refractivity contribution < 1.29 is 17.9 Å². The molecule has 3 rings (SSSR count). The van der Waals surface area contributed by atoms with E-state index in [9.17, 15) is 13.2 Å². The van der Waals surface area contributed by atoms with Gasteiger partial charge in [0.2, 0.25) is 10.0 Å². The monoisotopic (exact) mass is 422 g/mol. The number of ether oxygens (including phenoxy) is 1. The average molecular weight is 423 g/mol. The average Bonchev–Trinajstić information content (AvgIpc) is 3.19. The third-order valence-corrected chi connectivity index (χ3v) is 6.81. The van der Waals surface area contributed by atoms with E-state index in [-0.39, 0.29) is 17.4 Å². The zero-order chi connectivity index (χ0) is 20.3. The molecule has 0 aromatic heterocycles. The lowest BCUT2D eigenvalue weighted by Gasteiger charge is -2.17. The second-order valence-electron chi connectivity index (χ2n) is 6.83. The van der Waals surface area contributed by atoms with Gasteiger partial charge in [-0.25, -0.2) is 8.42 Å². The normalized spacial score (nSPS) is 14.8. The van der Waals surface area contributed by atoms with Crippen LogP contribution in [0.5, 0.6) is 5.75 Å². The molecule has 0 unspecified atom stereocenters. The first kappa shape index (κ1) is 20.6. The van der Waals surface area contributed by atoms with Crippen LogP contribution in [0.25, 0.3) is 0 Å². The van der Waals surface area contributed by atoms with Gasteiger partial charge in [-0.3, -0.25) is 4.79 Å². The van der Waals surface area contributed by atoms with Gasteiger partial charge >= 0.3 is 0 Å². The van der Waals surface area contributed by atoms with Gasteiger partial charge in [0.1, 0.15) is 5.75 Å². The van der Waals surface area contributed by atoms with E-state index in [2.05, 4.69) is 5.32 Å². The first-order valence-corrected chi connectivity index (χ1v) is 10.9. The molecule has 1 saturated heterocycles. The highest BCUT2D eigenvalue weighted by atomic mass is 35.5. The summed E-state index contributed by atoms with van der Waals surface area (Å²) in [7, 11) is -3.47. The number of nitrogens with zero attached hydrogens (tertiary/aromatic N) is 1. The Balaban J connectivity index is 1.65. The number of hydrogen-bond donors (Lipinski definition) is 1. The van der Waals surface area contributed by atoms with Gasteiger partial charge in [-0.15, -0.1) is 0 Å². The summed E-state index contributed by atoms with van der Waals surface area (Å²) in [6, 6.07) is 9.96. The van der Waals surface area contributed by atoms with E-state index in [4.69, 9.17) is 16.3 Å². The number of amides is 1. The van der Waals surface area contributed by atoms with Crippen molar-refractivity contribution in [1.82, 2.24) is 4.31 Å². The molecule has 1 amide bonds. The van der Waals surface area contributed by atoms with Gasteiger partial charge in [0.25, 0.3) is 5.91 Å². The van der Waals surface area contributed by atoms with Crippen LogP contribution in [-0.2, 0) is 14.8 Å². The van der Waals surface area contributed by atoms with Crippen LogP contribution in [0, 0.1) is 13.8 Å². The zero-order valence-corrected chi connectivity index (χ0v) is 17.4. The summed E-state index contributed by atoms with van der Waals surface area (Å²) in [5.74, 6) is 0.150. The lowest BCUT2D eigenvalue weighted by atomic mass is 10.2. The first-order valence-electron chi connectivity index (χ1n) is 9.07. The second-order valence-corrected chi connectivity index (χ2v) is 9.21. The molecule has 0 bridgehead atoms. The maximum Gasteiger partial charge on any atom is 0.262 e. The molecule has 1 fully saturated rings. The van der Waals surface area contributed by atoms with Crippen LogP contribution in [-0.4, -0.2) is 38.3 Å². The van der Waals surface area contributed by atoms with Gasteiger partial charge in [-0.2, -0.15) is 4.31 Å². The van der Waals surface area contributed by atoms with Gasteiger partial charge in [0, 0.05) is 23.8 Å². The molecule has 1 N–H and O–H groups in total. The van der Waals surface area contributed by atoms with Crippen molar-refractivity contribution in [3.05, 3.63) is 52.5 Å². The summed E-state index contributed by atoms with van der Waals surface area (Å²) in [5.41, 5.74) is 2.18. The van der Waals surface area contributed by atoms with Gasteiger partial charge in [-0.05, 0) is 68.1 Å². The van der Waals surface area contributed by atoms with Crippen molar-refractivity contribution in [3.63, 3.8) is 0 Å². The Labute approximate surface area is 170 Å². The molecular formula is C20H23ClN2O4S. The summed E-state index contributed by atoms with van der Waals surface area (Å²) in [4.78, 5) is 12.4. The molecule has 8 heteroatoms. The minimum atomic E-state index is -3.47. The van der Waals surface area contributed by atoms with Gasteiger partial charge in [0.05, 0.1) is 4.90 Å². The number of hydrogen-bond acceptors (Lipinski definition) is 4. The molecule has 1 heterocycles. The lowest BCUT2D eigenvalue weighted by molar-refractivity contribution is -0.118. The van der Waals surface area contributed by atoms with Crippen molar-refractivity contribution in [1.29, 1.82) is 0 Å². The molecular weight excluding hydrogens is 400 g/mol. The Morgan fingerprint density at radius 2 is 1.82 bits per heavy atom. The molecule has 0 radical (unpaired) electrons. The van der Waals surface area contributed by atoms with Crippen LogP contribution in [0.15, 0.2) is 41.3 Å². The van der Waals surface area contributed by atoms with Crippen LogP contribution in [0.3, 0.4) is 0 Å². The predicted molar refractivity (Wildman–Crippen MR) is 109 cm³/mol. The molecule has 0 spiro atoms. The van der Waals surface area contributed by atoms with Crippen molar-refractivity contribution >= 4 is 33.2 Å². The first-order chi connectivity index (χ1) is 13.3. The third kappa shape index (κ3) is 4.66. The van der Waals surface area contributed by atoms with Crippen molar-refractivity contribution in [2.45, 2.75) is 31.6 Å². The Kier molecular flexibility index (Phi) is 6.27. The molecule has 0 aliphatic carbocycles. The third-order valence-electron chi connectivity index (χ3n) is 4.68. The number of nitrogens with one attached hydrogen (secondary N) is 1. The Morgan fingerprint density at radius 3 is 2.50 bits per heavy atom. The maximum absolute atomic E-state index is 12.6. The number of carbonyl (C=O) groups is 1. The van der Waals surface area contributed by atoms with Crippen LogP contribution in [0.1, 0.15) is 24.0 Å². The molecule has 150 valence electrons. The minimum absolute atomic E-state index is 0.189. The number of rotatable bonds is 6. The van der Waals surface area contributed by atoms with Crippen molar-refractivity contribution in [3.8, 4) is 5.75 Å². The summed E-state index contributed by atoms with van der Waals surface area (Å²) in [6.45, 7) is 4.56. The molecule has 0 saturated carbocycles. The lowest BCUT2D eigenvalue weighted by Crippen LogP contribution is -2.27. The summed E-state index contributed by atoms with van der Waals surface area (Å²) < 4.78 is 32.4. The van der Waals surface area contributed by atoms with E-state index in [1.54, 1.807) is 31.2 Å². The van der Waals surface area contributed by atoms with Gasteiger partial charge < -0.3 is 10.1 Å². The Hall–Kier alpha value is -2.09. The molecule has 0 atom stereocenters. The fraction of sp³-hybridized carbons (Fsp3) is 0.350. The Bertz CT molecular complexity index is 986. The minimum Gasteiger partial charge on any atom is -0.483 e. The standard InChI is InChI=1S/C20H23ClN2O4S/c1-14-5-6-16(21)12-18(14)22-20(24)13-27-19-8-7-17(11-15(19)2)28(25,26)23-9-3-4-10-23/h5-8,11-12H,3-4,9-10,13H2,1-2H3,(H,22,24). The fourth-order valence-electron chi connectivity index (χ4n) is 3.08. The zero-order valence-electron chi connectivity index (χ0n) is 15.9. The number of sulfonamides is 1. The van der Waals surface area contributed by atoms with Crippen LogP contribution in [0.4, 0.5) is 5.69 Å². The van der Waals surface area contributed by atoms with Crippen LogP contribution < -0.4 is 10.1 Å². The topological polar surface area (TPSA) is 75.7 Å².